The van der Waals surface area contributed by atoms with Crippen molar-refractivity contribution in [2.24, 2.45) is 0 Å². The van der Waals surface area contributed by atoms with Gasteiger partial charge in [-0.25, -0.2) is 0 Å². The second-order valence-electron chi connectivity index (χ2n) is 4.16. The molecule has 19 heavy (non-hydrogen) atoms. The van der Waals surface area contributed by atoms with Crippen LogP contribution in [-0.4, -0.2) is 24.2 Å². The van der Waals surface area contributed by atoms with Crippen molar-refractivity contribution in [3.05, 3.63) is 34.7 Å². The Labute approximate surface area is 117 Å². The summed E-state index contributed by atoms with van der Waals surface area (Å²) < 4.78 is 0. The van der Waals surface area contributed by atoms with Crippen molar-refractivity contribution in [2.75, 3.05) is 18.0 Å². The predicted molar refractivity (Wildman–Crippen MR) is 81.4 cm³/mol. The first kappa shape index (κ1) is 13.7. The number of carbonyl (C=O) groups excluding carboxylic acids is 1. The molecule has 0 saturated carbocycles. The van der Waals surface area contributed by atoms with Crippen LogP contribution >= 0.6 is 11.8 Å². The van der Waals surface area contributed by atoms with E-state index in [0.717, 1.165) is 30.4 Å². The van der Waals surface area contributed by atoms with Gasteiger partial charge in [0.2, 0.25) is 0 Å². The molecular formula is C14H17N3OS. The van der Waals surface area contributed by atoms with Crippen LogP contribution in [0.15, 0.2) is 29.2 Å². The predicted octanol–water partition coefficient (Wildman–Crippen LogP) is 2.67. The van der Waals surface area contributed by atoms with Gasteiger partial charge in [-0.1, -0.05) is 12.1 Å². The quantitative estimate of drug-likeness (QED) is 0.831. The zero-order valence-electron chi connectivity index (χ0n) is 11.1. The molecular weight excluding hydrogens is 258 g/mol. The van der Waals surface area contributed by atoms with E-state index >= 15 is 0 Å². The number of carbonyl (C=O) groups is 1. The number of benzene rings is 1. The Kier molecular flexibility index (Phi) is 4.27. The molecule has 0 aromatic heterocycles. The molecule has 2 rings (SSSR count). The maximum atomic E-state index is 11.5. The largest absolute Gasteiger partial charge is 0.372 e. The molecule has 4 nitrogen and oxygen atoms in total. The SMILES string of the molecule is CCN(CC)c1ccc(/C=C2/SC(=N)NC2=O)cc1. The molecule has 1 fully saturated rings. The van der Waals surface area contributed by atoms with E-state index in [9.17, 15) is 4.79 Å². The molecule has 1 aromatic carbocycles. The zero-order valence-corrected chi connectivity index (χ0v) is 11.9. The number of nitrogens with zero attached hydrogens (tertiary/aromatic N) is 1. The maximum Gasteiger partial charge on any atom is 0.264 e. The van der Waals surface area contributed by atoms with E-state index in [-0.39, 0.29) is 11.1 Å². The zero-order chi connectivity index (χ0) is 13.8. The Morgan fingerprint density at radius 2 is 1.89 bits per heavy atom. The Balaban J connectivity index is 2.17. The Hall–Kier alpha value is -1.75. The monoisotopic (exact) mass is 275 g/mol. The van der Waals surface area contributed by atoms with Gasteiger partial charge in [0.15, 0.2) is 5.17 Å². The van der Waals surface area contributed by atoms with Crippen LogP contribution in [0.5, 0.6) is 0 Å². The van der Waals surface area contributed by atoms with Gasteiger partial charge in [-0.2, -0.15) is 0 Å². The van der Waals surface area contributed by atoms with Crippen molar-refractivity contribution in [2.45, 2.75) is 13.8 Å². The van der Waals surface area contributed by atoms with Crippen molar-refractivity contribution in [3.8, 4) is 0 Å². The fourth-order valence-corrected chi connectivity index (χ4v) is 2.67. The molecule has 2 N–H and O–H groups in total. The lowest BCUT2D eigenvalue weighted by Crippen LogP contribution is -2.21. The molecule has 0 aliphatic carbocycles. The van der Waals surface area contributed by atoms with E-state index in [1.807, 2.05) is 18.2 Å². The topological polar surface area (TPSA) is 56.2 Å². The van der Waals surface area contributed by atoms with Crippen LogP contribution < -0.4 is 10.2 Å². The number of amidine groups is 1. The third-order valence-corrected chi connectivity index (χ3v) is 3.81. The fourth-order valence-electron chi connectivity index (χ4n) is 1.96. The van der Waals surface area contributed by atoms with Crippen molar-refractivity contribution in [1.29, 1.82) is 5.41 Å². The molecule has 0 spiro atoms. The van der Waals surface area contributed by atoms with E-state index < -0.39 is 0 Å². The van der Waals surface area contributed by atoms with Crippen LogP contribution in [0.25, 0.3) is 6.08 Å². The Morgan fingerprint density at radius 1 is 1.26 bits per heavy atom. The lowest BCUT2D eigenvalue weighted by atomic mass is 10.2. The molecule has 1 amide bonds. The van der Waals surface area contributed by atoms with Crippen molar-refractivity contribution >= 4 is 34.6 Å². The molecule has 1 heterocycles. The lowest BCUT2D eigenvalue weighted by molar-refractivity contribution is -0.115. The van der Waals surface area contributed by atoms with Gasteiger partial charge in [-0.15, -0.1) is 0 Å². The molecule has 1 saturated heterocycles. The minimum absolute atomic E-state index is 0.191. The number of rotatable bonds is 4. The molecule has 5 heteroatoms. The molecule has 1 aromatic rings. The van der Waals surface area contributed by atoms with Crippen LogP contribution in [0.2, 0.25) is 0 Å². The maximum absolute atomic E-state index is 11.5. The third kappa shape index (κ3) is 3.17. The van der Waals surface area contributed by atoms with Crippen LogP contribution in [0.1, 0.15) is 19.4 Å². The van der Waals surface area contributed by atoms with Gasteiger partial charge >= 0.3 is 0 Å². The third-order valence-electron chi connectivity index (χ3n) is 2.98. The summed E-state index contributed by atoms with van der Waals surface area (Å²) in [5.74, 6) is -0.192. The van der Waals surface area contributed by atoms with E-state index in [0.29, 0.717) is 4.91 Å². The summed E-state index contributed by atoms with van der Waals surface area (Å²) in [5.41, 5.74) is 2.16. The van der Waals surface area contributed by atoms with Crippen LogP contribution in [-0.2, 0) is 4.79 Å². The summed E-state index contributed by atoms with van der Waals surface area (Å²) in [6, 6.07) is 8.11. The van der Waals surface area contributed by atoms with Gasteiger partial charge in [-0.05, 0) is 49.4 Å². The summed E-state index contributed by atoms with van der Waals surface area (Å²) in [6.07, 6.45) is 1.81. The lowest BCUT2D eigenvalue weighted by Gasteiger charge is -2.20. The highest BCUT2D eigenvalue weighted by atomic mass is 32.2. The normalized spacial score (nSPS) is 16.8. The van der Waals surface area contributed by atoms with E-state index in [2.05, 4.69) is 36.2 Å². The van der Waals surface area contributed by atoms with E-state index in [1.165, 1.54) is 5.69 Å². The number of hydrogen-bond acceptors (Lipinski definition) is 4. The van der Waals surface area contributed by atoms with Gasteiger partial charge in [0.1, 0.15) is 0 Å². The summed E-state index contributed by atoms with van der Waals surface area (Å²) in [6.45, 7) is 6.22. The van der Waals surface area contributed by atoms with Crippen LogP contribution in [0, 0.1) is 5.41 Å². The Bertz CT molecular complexity index is 518. The minimum Gasteiger partial charge on any atom is -0.372 e. The molecule has 1 aliphatic heterocycles. The first-order valence-corrected chi connectivity index (χ1v) is 7.10. The smallest absolute Gasteiger partial charge is 0.264 e. The second kappa shape index (κ2) is 5.93. The number of hydrogen-bond donors (Lipinski definition) is 2. The number of nitrogens with one attached hydrogen (secondary N) is 2. The van der Waals surface area contributed by atoms with E-state index in [4.69, 9.17) is 5.41 Å². The molecule has 1 aliphatic rings. The standard InChI is InChI=1S/C14H17N3OS/c1-3-17(4-2)11-7-5-10(6-8-11)9-12-13(18)16-14(15)19-12/h5-9H,3-4H2,1-2H3,(H2,15,16,18)/b12-9+. The highest BCUT2D eigenvalue weighted by molar-refractivity contribution is 8.18. The molecule has 0 unspecified atom stereocenters. The molecule has 100 valence electrons. The van der Waals surface area contributed by atoms with Gasteiger partial charge in [0, 0.05) is 18.8 Å². The number of amides is 1. The first-order chi connectivity index (χ1) is 9.13. The molecule has 0 radical (unpaired) electrons. The van der Waals surface area contributed by atoms with E-state index in [1.54, 1.807) is 0 Å². The van der Waals surface area contributed by atoms with Crippen molar-refractivity contribution in [3.63, 3.8) is 0 Å². The summed E-state index contributed by atoms with van der Waals surface area (Å²) >= 11 is 1.16. The Morgan fingerprint density at radius 3 is 2.37 bits per heavy atom. The average molecular weight is 275 g/mol. The van der Waals surface area contributed by atoms with Gasteiger partial charge in [-0.3, -0.25) is 10.2 Å². The van der Waals surface area contributed by atoms with Gasteiger partial charge in [0.05, 0.1) is 4.91 Å². The van der Waals surface area contributed by atoms with Crippen molar-refractivity contribution < 1.29 is 4.79 Å². The highest BCUT2D eigenvalue weighted by Crippen LogP contribution is 2.25. The molecule has 0 bridgehead atoms. The minimum atomic E-state index is -0.192. The summed E-state index contributed by atoms with van der Waals surface area (Å²) in [7, 11) is 0. The fraction of sp³-hybridized carbons (Fsp3) is 0.286. The first-order valence-electron chi connectivity index (χ1n) is 6.28. The van der Waals surface area contributed by atoms with Gasteiger partial charge < -0.3 is 10.2 Å². The van der Waals surface area contributed by atoms with Gasteiger partial charge in [0.25, 0.3) is 5.91 Å². The van der Waals surface area contributed by atoms with Crippen LogP contribution in [0.4, 0.5) is 5.69 Å². The number of thioether (sulfide) groups is 1. The summed E-state index contributed by atoms with van der Waals surface area (Å²) in [5, 5.41) is 10.1. The van der Waals surface area contributed by atoms with Crippen molar-refractivity contribution in [1.82, 2.24) is 5.32 Å². The molecule has 0 atom stereocenters. The second-order valence-corrected chi connectivity index (χ2v) is 5.21. The summed E-state index contributed by atoms with van der Waals surface area (Å²) in [4.78, 5) is 14.3. The average Bonchev–Trinajstić information content (AvgIpc) is 2.71. The van der Waals surface area contributed by atoms with Crippen LogP contribution in [0.3, 0.4) is 0 Å². The number of anilines is 1. The highest BCUT2D eigenvalue weighted by Gasteiger charge is 2.21.